The summed E-state index contributed by atoms with van der Waals surface area (Å²) in [6, 6.07) is 8.50. The molecule has 5 aromatic rings. The van der Waals surface area contributed by atoms with Crippen molar-refractivity contribution in [3.05, 3.63) is 88.9 Å². The largest absolute Gasteiger partial charge is 0.358 e. The molecular weight excluding hydrogens is 476 g/mol. The van der Waals surface area contributed by atoms with Crippen molar-refractivity contribution in [2.75, 3.05) is 5.32 Å². The van der Waals surface area contributed by atoms with Crippen molar-refractivity contribution in [3.8, 4) is 21.8 Å². The summed E-state index contributed by atoms with van der Waals surface area (Å²) in [4.78, 5) is 14.9. The molecule has 0 unspecified atom stereocenters. The summed E-state index contributed by atoms with van der Waals surface area (Å²) in [7, 11) is 0. The smallest absolute Gasteiger partial charge is 0.116 e. The average Bonchev–Trinajstić information content (AvgIpc) is 3.61. The molecule has 0 aliphatic rings. The number of hydrogen-bond donors (Lipinski definition) is 3. The third-order valence-electron chi connectivity index (χ3n) is 6.23. The number of nitrogens with zero attached hydrogens (tertiary/aromatic N) is 3. The summed E-state index contributed by atoms with van der Waals surface area (Å²) in [6.45, 7) is 14.7. The van der Waals surface area contributed by atoms with Gasteiger partial charge >= 0.3 is 0 Å². The second kappa shape index (κ2) is 10.4. The van der Waals surface area contributed by atoms with Crippen molar-refractivity contribution in [3.63, 3.8) is 0 Å². The lowest BCUT2D eigenvalue weighted by Crippen LogP contribution is -2.23. The summed E-state index contributed by atoms with van der Waals surface area (Å²) >= 11 is 1.77. The van der Waals surface area contributed by atoms with Gasteiger partial charge in [-0.3, -0.25) is 15.1 Å². The van der Waals surface area contributed by atoms with Gasteiger partial charge in [-0.2, -0.15) is 5.10 Å². The molecule has 7 heteroatoms. The molecule has 6 nitrogen and oxygen atoms in total. The van der Waals surface area contributed by atoms with Crippen LogP contribution >= 0.6 is 11.3 Å². The molecule has 0 spiro atoms. The number of H-pyrrole nitrogens is 2. The number of aryl methyl sites for hydroxylation is 1. The normalized spacial score (nSPS) is 12.4. The molecule has 0 aliphatic carbocycles. The number of hydrogen-bond acceptors (Lipinski definition) is 5. The Morgan fingerprint density at radius 2 is 1.95 bits per heavy atom. The average molecular weight is 507 g/mol. The summed E-state index contributed by atoms with van der Waals surface area (Å²) in [5.41, 5.74) is 7.49. The Hall–Kier alpha value is -4.23. The fourth-order valence-corrected chi connectivity index (χ4v) is 5.29. The van der Waals surface area contributed by atoms with Crippen LogP contribution in [0.25, 0.3) is 50.5 Å². The number of anilines is 1. The van der Waals surface area contributed by atoms with Crippen molar-refractivity contribution < 1.29 is 0 Å². The first-order chi connectivity index (χ1) is 18.0. The molecule has 0 saturated heterocycles. The third-order valence-corrected chi connectivity index (χ3v) is 7.26. The molecule has 0 atom stereocenters. The van der Waals surface area contributed by atoms with E-state index < -0.39 is 0 Å². The van der Waals surface area contributed by atoms with E-state index in [1.165, 1.54) is 9.75 Å². The highest BCUT2D eigenvalue weighted by molar-refractivity contribution is 7.15. The topological polar surface area (TPSA) is 82.3 Å². The Labute approximate surface area is 220 Å². The zero-order valence-electron chi connectivity index (χ0n) is 21.4. The van der Waals surface area contributed by atoms with Crippen molar-refractivity contribution in [2.24, 2.45) is 0 Å². The van der Waals surface area contributed by atoms with Gasteiger partial charge in [-0.15, -0.1) is 11.3 Å². The number of aromatic nitrogens is 5. The Morgan fingerprint density at radius 3 is 2.70 bits per heavy atom. The second-order valence-electron chi connectivity index (χ2n) is 9.04. The first-order valence-corrected chi connectivity index (χ1v) is 13.1. The van der Waals surface area contributed by atoms with Gasteiger partial charge in [0.2, 0.25) is 0 Å². The summed E-state index contributed by atoms with van der Waals surface area (Å²) in [6.07, 6.45) is 13.5. The molecule has 0 aromatic carbocycles. The molecule has 0 fully saturated rings. The van der Waals surface area contributed by atoms with Gasteiger partial charge in [0.05, 0.1) is 34.6 Å². The molecule has 0 amide bonds. The summed E-state index contributed by atoms with van der Waals surface area (Å²) < 4.78 is 0. The van der Waals surface area contributed by atoms with E-state index in [0.29, 0.717) is 0 Å². The van der Waals surface area contributed by atoms with E-state index in [0.717, 1.165) is 73.8 Å². The number of nitrogens with one attached hydrogen (secondary N) is 3. The van der Waals surface area contributed by atoms with Gasteiger partial charge in [0.1, 0.15) is 5.69 Å². The molecule has 0 saturated carbocycles. The number of aromatic amines is 2. The van der Waals surface area contributed by atoms with E-state index in [9.17, 15) is 0 Å². The standard InChI is InChI=1S/C30H30N6S/c1-6-8-19(4)33-22-12-21(14-31-15-22)18(3)11-24-26(7-2)35-36-30(24)27-13-23-25(16-32-17-28(23)34-27)29-10-9-20(5)37-29/h7,9-17,33-35H,3-4,6,8H2,1-2,5H3/b24-11+,26-7+. The number of pyridine rings is 2. The molecule has 0 aliphatic heterocycles. The van der Waals surface area contributed by atoms with E-state index in [4.69, 9.17) is 0 Å². The highest BCUT2D eigenvalue weighted by Crippen LogP contribution is 2.34. The van der Waals surface area contributed by atoms with Crippen molar-refractivity contribution in [2.45, 2.75) is 33.6 Å². The van der Waals surface area contributed by atoms with Gasteiger partial charge in [0, 0.05) is 49.6 Å². The van der Waals surface area contributed by atoms with Gasteiger partial charge in [-0.1, -0.05) is 32.6 Å². The van der Waals surface area contributed by atoms with Gasteiger partial charge in [0.15, 0.2) is 0 Å². The minimum atomic E-state index is 0.831. The van der Waals surface area contributed by atoms with E-state index >= 15 is 0 Å². The molecule has 5 aromatic heterocycles. The molecule has 5 heterocycles. The zero-order valence-corrected chi connectivity index (χ0v) is 22.2. The van der Waals surface area contributed by atoms with Crippen LogP contribution in [0.2, 0.25) is 0 Å². The molecule has 0 radical (unpaired) electrons. The molecule has 0 bridgehead atoms. The number of fused-ring (bicyclic) bond motifs is 1. The van der Waals surface area contributed by atoms with Crippen LogP contribution in [0.3, 0.4) is 0 Å². The number of allylic oxidation sites excluding steroid dienone is 2. The minimum absolute atomic E-state index is 0.831. The maximum atomic E-state index is 4.67. The van der Waals surface area contributed by atoms with E-state index in [-0.39, 0.29) is 0 Å². The highest BCUT2D eigenvalue weighted by atomic mass is 32.1. The molecular formula is C30H30N6S. The monoisotopic (exact) mass is 506 g/mol. The van der Waals surface area contributed by atoms with Gasteiger partial charge in [0.25, 0.3) is 0 Å². The maximum absolute atomic E-state index is 4.67. The fraction of sp³-hybridized carbons (Fsp3) is 0.167. The lowest BCUT2D eigenvalue weighted by molar-refractivity contribution is 0.913. The van der Waals surface area contributed by atoms with Crippen LogP contribution in [0.5, 0.6) is 0 Å². The highest BCUT2D eigenvalue weighted by Gasteiger charge is 2.14. The van der Waals surface area contributed by atoms with Gasteiger partial charge in [-0.25, -0.2) is 0 Å². The fourth-order valence-electron chi connectivity index (χ4n) is 4.40. The first kappa shape index (κ1) is 24.5. The Morgan fingerprint density at radius 1 is 1.11 bits per heavy atom. The number of rotatable bonds is 8. The maximum Gasteiger partial charge on any atom is 0.116 e. The number of thiophene rings is 1. The van der Waals surface area contributed by atoms with E-state index in [1.54, 1.807) is 17.5 Å². The zero-order chi connectivity index (χ0) is 25.9. The molecule has 5 rings (SSSR count). The van der Waals surface area contributed by atoms with Crippen molar-refractivity contribution >= 4 is 45.7 Å². The summed E-state index contributed by atoms with van der Waals surface area (Å²) in [5, 5.41) is 14.2. The molecule has 3 N–H and O–H groups in total. The SMILES string of the molecule is C=C(CCC)Nc1cncc(C(=C)/C=c2/c(-c3cc4c(-c5ccc(C)s5)cncc4[nH]3)n[nH]/c2=C/C)c1. The van der Waals surface area contributed by atoms with Crippen LogP contribution in [0, 0.1) is 6.92 Å². The Kier molecular flexibility index (Phi) is 6.88. The summed E-state index contributed by atoms with van der Waals surface area (Å²) in [5.74, 6) is 0. The lowest BCUT2D eigenvalue weighted by Gasteiger charge is -2.09. The predicted octanol–water partition coefficient (Wildman–Crippen LogP) is 6.40. The molecule has 186 valence electrons. The van der Waals surface area contributed by atoms with Crippen molar-refractivity contribution in [1.29, 1.82) is 0 Å². The van der Waals surface area contributed by atoms with Crippen LogP contribution in [0.4, 0.5) is 5.69 Å². The third kappa shape index (κ3) is 5.04. The quantitative estimate of drug-likeness (QED) is 0.227. The Balaban J connectivity index is 1.55. The Bertz CT molecular complexity index is 1730. The molecule has 37 heavy (non-hydrogen) atoms. The van der Waals surface area contributed by atoms with Crippen LogP contribution in [0.15, 0.2) is 67.9 Å². The van der Waals surface area contributed by atoms with E-state index in [1.807, 2.05) is 37.7 Å². The lowest BCUT2D eigenvalue weighted by atomic mass is 10.1. The second-order valence-corrected chi connectivity index (χ2v) is 10.3. The van der Waals surface area contributed by atoms with Crippen LogP contribution in [-0.2, 0) is 0 Å². The van der Waals surface area contributed by atoms with Crippen LogP contribution in [0.1, 0.15) is 37.1 Å². The van der Waals surface area contributed by atoms with Crippen LogP contribution in [-0.4, -0.2) is 25.1 Å². The van der Waals surface area contributed by atoms with E-state index in [2.05, 4.69) is 81.7 Å². The van der Waals surface area contributed by atoms with Crippen molar-refractivity contribution in [1.82, 2.24) is 25.1 Å². The van der Waals surface area contributed by atoms with Gasteiger partial charge < -0.3 is 10.3 Å². The van der Waals surface area contributed by atoms with Gasteiger partial charge in [-0.05, 0) is 56.2 Å². The first-order valence-electron chi connectivity index (χ1n) is 12.3. The van der Waals surface area contributed by atoms with Crippen LogP contribution < -0.4 is 15.9 Å². The minimum Gasteiger partial charge on any atom is -0.358 e. The predicted molar refractivity (Wildman–Crippen MR) is 157 cm³/mol.